The Hall–Kier alpha value is -2.36. The van der Waals surface area contributed by atoms with Crippen molar-refractivity contribution in [1.82, 2.24) is 15.0 Å². The van der Waals surface area contributed by atoms with Gasteiger partial charge in [-0.15, -0.1) is 15.0 Å². The van der Waals surface area contributed by atoms with Crippen molar-refractivity contribution in [2.24, 2.45) is 0 Å². The van der Waals surface area contributed by atoms with E-state index in [1.807, 2.05) is 30.3 Å². The minimum atomic E-state index is 0.0588. The molecule has 0 N–H and O–H groups in total. The summed E-state index contributed by atoms with van der Waals surface area (Å²) in [6, 6.07) is 14.2. The molecule has 0 saturated heterocycles. The molecular formula is C20H25N3O. The number of fused-ring (bicyclic) bond motifs is 1. The van der Waals surface area contributed by atoms with Crippen LogP contribution in [0.2, 0.25) is 0 Å². The number of unbranched alkanes of at least 4 members (excludes halogenated alkanes) is 1. The number of hydrogen-bond donors (Lipinski definition) is 0. The first-order chi connectivity index (χ1) is 11.5. The minimum Gasteiger partial charge on any atom is -0.491 e. The number of benzene rings is 2. The number of rotatable bonds is 5. The molecule has 24 heavy (non-hydrogen) atoms. The fraction of sp³-hybridized carbons (Fsp3) is 0.400. The van der Waals surface area contributed by atoms with Gasteiger partial charge in [-0.3, -0.25) is 0 Å². The van der Waals surface area contributed by atoms with Crippen LogP contribution in [0.5, 0.6) is 5.75 Å². The van der Waals surface area contributed by atoms with Gasteiger partial charge in [-0.2, -0.15) is 0 Å². The van der Waals surface area contributed by atoms with Gasteiger partial charge in [-0.1, -0.05) is 52.3 Å². The zero-order chi connectivity index (χ0) is 17.2. The van der Waals surface area contributed by atoms with E-state index in [1.54, 1.807) is 4.80 Å². The first-order valence-corrected chi connectivity index (χ1v) is 8.59. The van der Waals surface area contributed by atoms with Gasteiger partial charge >= 0.3 is 0 Å². The van der Waals surface area contributed by atoms with Crippen molar-refractivity contribution in [2.45, 2.75) is 46.0 Å². The van der Waals surface area contributed by atoms with Crippen LogP contribution < -0.4 is 4.74 Å². The second kappa shape index (κ2) is 6.63. The van der Waals surface area contributed by atoms with E-state index in [0.717, 1.165) is 35.3 Å². The summed E-state index contributed by atoms with van der Waals surface area (Å²) in [5, 5.41) is 9.24. The lowest BCUT2D eigenvalue weighted by molar-refractivity contribution is 0.307. The van der Waals surface area contributed by atoms with Gasteiger partial charge in [-0.25, -0.2) is 0 Å². The number of aromatic nitrogens is 3. The molecule has 3 rings (SSSR count). The Morgan fingerprint density at radius 2 is 1.67 bits per heavy atom. The Labute approximate surface area is 143 Å². The second-order valence-corrected chi connectivity index (χ2v) is 7.11. The van der Waals surface area contributed by atoms with E-state index >= 15 is 0 Å². The van der Waals surface area contributed by atoms with E-state index in [-0.39, 0.29) is 5.41 Å². The molecule has 0 amide bonds. The maximum Gasteiger partial charge on any atom is 0.146 e. The Morgan fingerprint density at radius 3 is 2.25 bits per heavy atom. The Morgan fingerprint density at radius 1 is 1.00 bits per heavy atom. The summed E-state index contributed by atoms with van der Waals surface area (Å²) in [5.41, 5.74) is 3.97. The molecule has 0 aliphatic heterocycles. The summed E-state index contributed by atoms with van der Waals surface area (Å²) in [5.74, 6) is 0.830. The number of hydrogen-bond acceptors (Lipinski definition) is 3. The topological polar surface area (TPSA) is 39.9 Å². The lowest BCUT2D eigenvalue weighted by Crippen LogP contribution is -2.13. The smallest absolute Gasteiger partial charge is 0.146 e. The van der Waals surface area contributed by atoms with Gasteiger partial charge in [0, 0.05) is 0 Å². The minimum absolute atomic E-state index is 0.0588. The van der Waals surface area contributed by atoms with Gasteiger partial charge in [0.2, 0.25) is 0 Å². The molecule has 0 saturated carbocycles. The summed E-state index contributed by atoms with van der Waals surface area (Å²) in [6.07, 6.45) is 2.15. The number of ether oxygens (including phenoxy) is 1. The van der Waals surface area contributed by atoms with Crippen molar-refractivity contribution in [3.8, 4) is 11.4 Å². The molecule has 3 aromatic rings. The van der Waals surface area contributed by atoms with Crippen LogP contribution in [0.1, 0.15) is 46.1 Å². The van der Waals surface area contributed by atoms with E-state index in [0.29, 0.717) is 6.61 Å². The molecule has 1 aromatic heterocycles. The molecule has 0 aliphatic carbocycles. The highest BCUT2D eigenvalue weighted by molar-refractivity contribution is 5.73. The van der Waals surface area contributed by atoms with Gasteiger partial charge in [-0.05, 0) is 41.7 Å². The SMILES string of the molecule is CCCCOc1ccc(C(C)(C)C)cc1-n1nc2ccccc2n1. The maximum atomic E-state index is 5.99. The van der Waals surface area contributed by atoms with Crippen molar-refractivity contribution in [2.75, 3.05) is 6.61 Å². The normalized spacial score (nSPS) is 11.8. The van der Waals surface area contributed by atoms with Crippen molar-refractivity contribution in [1.29, 1.82) is 0 Å². The van der Waals surface area contributed by atoms with Crippen LogP contribution in [-0.2, 0) is 5.41 Å². The summed E-state index contributed by atoms with van der Waals surface area (Å²) in [4.78, 5) is 1.70. The van der Waals surface area contributed by atoms with Gasteiger partial charge in [0.25, 0.3) is 0 Å². The van der Waals surface area contributed by atoms with Crippen molar-refractivity contribution in [3.63, 3.8) is 0 Å². The van der Waals surface area contributed by atoms with Crippen LogP contribution >= 0.6 is 0 Å². The highest BCUT2D eigenvalue weighted by Crippen LogP contribution is 2.30. The standard InChI is InChI=1S/C20H25N3O/c1-5-6-13-24-19-12-11-15(20(2,3)4)14-18(19)23-21-16-9-7-8-10-17(16)22-23/h7-12,14H,5-6,13H2,1-4H3. The first-order valence-electron chi connectivity index (χ1n) is 8.59. The molecule has 0 radical (unpaired) electrons. The highest BCUT2D eigenvalue weighted by atomic mass is 16.5. The van der Waals surface area contributed by atoms with Crippen LogP contribution in [0.3, 0.4) is 0 Å². The zero-order valence-electron chi connectivity index (χ0n) is 14.9. The predicted octanol–water partition coefficient (Wildman–Crippen LogP) is 4.90. The van der Waals surface area contributed by atoms with Crippen LogP contribution in [0.4, 0.5) is 0 Å². The third-order valence-corrected chi connectivity index (χ3v) is 4.08. The van der Waals surface area contributed by atoms with Gasteiger partial charge in [0.1, 0.15) is 22.5 Å². The molecule has 126 valence electrons. The summed E-state index contributed by atoms with van der Waals surface area (Å²) in [7, 11) is 0. The largest absolute Gasteiger partial charge is 0.491 e. The van der Waals surface area contributed by atoms with Crippen LogP contribution in [0.25, 0.3) is 16.7 Å². The zero-order valence-corrected chi connectivity index (χ0v) is 14.9. The Bertz CT molecular complexity index is 797. The molecule has 1 heterocycles. The Kier molecular flexibility index (Phi) is 4.56. The molecule has 0 spiro atoms. The Balaban J connectivity index is 2.07. The maximum absolute atomic E-state index is 5.99. The van der Waals surface area contributed by atoms with E-state index in [2.05, 4.69) is 50.0 Å². The third-order valence-electron chi connectivity index (χ3n) is 4.08. The fourth-order valence-corrected chi connectivity index (χ4v) is 2.56. The van der Waals surface area contributed by atoms with Gasteiger partial charge in [0.05, 0.1) is 6.61 Å². The van der Waals surface area contributed by atoms with Gasteiger partial charge < -0.3 is 4.74 Å². The molecule has 0 bridgehead atoms. The van der Waals surface area contributed by atoms with Crippen LogP contribution in [0, 0.1) is 0 Å². The average molecular weight is 323 g/mol. The second-order valence-electron chi connectivity index (χ2n) is 7.11. The van der Waals surface area contributed by atoms with Crippen molar-refractivity contribution >= 4 is 11.0 Å². The number of nitrogens with zero attached hydrogens (tertiary/aromatic N) is 3. The molecule has 0 fully saturated rings. The van der Waals surface area contributed by atoms with Crippen molar-refractivity contribution in [3.05, 3.63) is 48.0 Å². The summed E-state index contributed by atoms with van der Waals surface area (Å²) in [6.45, 7) is 9.48. The molecular weight excluding hydrogens is 298 g/mol. The van der Waals surface area contributed by atoms with Crippen LogP contribution in [0.15, 0.2) is 42.5 Å². The lowest BCUT2D eigenvalue weighted by Gasteiger charge is -2.21. The quantitative estimate of drug-likeness (QED) is 0.627. The molecule has 0 aliphatic rings. The van der Waals surface area contributed by atoms with E-state index in [9.17, 15) is 0 Å². The predicted molar refractivity (Wildman–Crippen MR) is 98.0 cm³/mol. The first kappa shape index (κ1) is 16.5. The molecule has 4 heteroatoms. The van der Waals surface area contributed by atoms with Crippen molar-refractivity contribution < 1.29 is 4.74 Å². The summed E-state index contributed by atoms with van der Waals surface area (Å²) >= 11 is 0. The summed E-state index contributed by atoms with van der Waals surface area (Å²) < 4.78 is 5.99. The lowest BCUT2D eigenvalue weighted by atomic mass is 9.87. The monoisotopic (exact) mass is 323 g/mol. The molecule has 0 atom stereocenters. The third kappa shape index (κ3) is 3.42. The highest BCUT2D eigenvalue weighted by Gasteiger charge is 2.18. The van der Waals surface area contributed by atoms with Crippen LogP contribution in [-0.4, -0.2) is 21.6 Å². The fourth-order valence-electron chi connectivity index (χ4n) is 2.56. The van der Waals surface area contributed by atoms with E-state index in [1.165, 1.54) is 5.56 Å². The average Bonchev–Trinajstić information content (AvgIpc) is 2.98. The molecule has 2 aromatic carbocycles. The molecule has 0 unspecified atom stereocenters. The molecule has 4 nitrogen and oxygen atoms in total. The van der Waals surface area contributed by atoms with E-state index < -0.39 is 0 Å². The van der Waals surface area contributed by atoms with E-state index in [4.69, 9.17) is 4.74 Å². The van der Waals surface area contributed by atoms with Gasteiger partial charge in [0.15, 0.2) is 0 Å².